The number of rotatable bonds is 3. The van der Waals surface area contributed by atoms with Crippen LogP contribution in [0, 0.1) is 17.1 Å². The van der Waals surface area contributed by atoms with Crippen molar-refractivity contribution in [2.24, 2.45) is 5.73 Å². The Morgan fingerprint density at radius 3 is 2.71 bits per heavy atom. The van der Waals surface area contributed by atoms with Crippen molar-refractivity contribution in [3.8, 4) is 11.8 Å². The minimum atomic E-state index is -0.744. The second-order valence-corrected chi connectivity index (χ2v) is 3.74. The Morgan fingerprint density at radius 2 is 2.24 bits per heavy atom. The van der Waals surface area contributed by atoms with Gasteiger partial charge in [0.15, 0.2) is 0 Å². The average Bonchev–Trinajstić information content (AvgIpc) is 2.17. The van der Waals surface area contributed by atoms with Gasteiger partial charge in [0.05, 0.1) is 0 Å². The van der Waals surface area contributed by atoms with Crippen LogP contribution in [0.1, 0.15) is 30.5 Å². The fraction of sp³-hybridized carbons (Fsp3) is 0.250. The first kappa shape index (κ1) is 15.4. The normalized spacial score (nSPS) is 11.2. The first-order valence-electron chi connectivity index (χ1n) is 4.78. The summed E-state index contributed by atoms with van der Waals surface area (Å²) in [4.78, 5) is 0. The lowest BCUT2D eigenvalue weighted by Crippen LogP contribution is -2.11. The predicted octanol–water partition coefficient (Wildman–Crippen LogP) is 2.79. The van der Waals surface area contributed by atoms with Crippen LogP contribution in [0.5, 0.6) is 5.75 Å². The molecule has 0 aliphatic heterocycles. The van der Waals surface area contributed by atoms with Crippen molar-refractivity contribution in [2.75, 3.05) is 0 Å². The van der Waals surface area contributed by atoms with Crippen LogP contribution >= 0.6 is 12.4 Å². The summed E-state index contributed by atoms with van der Waals surface area (Å²) in [6, 6.07) is 3.65. The summed E-state index contributed by atoms with van der Waals surface area (Å²) in [5.74, 6) is -1.12. The summed E-state index contributed by atoms with van der Waals surface area (Å²) in [7, 11) is 0. The second kappa shape index (κ2) is 6.24. The number of phenolic OH excluding ortho intramolecular Hbond substituents is 1. The summed E-state index contributed by atoms with van der Waals surface area (Å²) in [6.45, 7) is 5.52. The largest absolute Gasteiger partial charge is 0.506 e. The number of aromatic hydroxyl groups is 1. The molecule has 0 fully saturated rings. The minimum Gasteiger partial charge on any atom is -0.506 e. The molecule has 0 aliphatic rings. The number of hydrogen-bond acceptors (Lipinski definition) is 3. The van der Waals surface area contributed by atoms with Gasteiger partial charge in [0, 0.05) is 11.6 Å². The average molecular weight is 257 g/mol. The SMILES string of the molecule is C=C(C)C[C@@H](N)c1ccc(F)c(C#N)c1O.Cl. The van der Waals surface area contributed by atoms with Gasteiger partial charge in [-0.1, -0.05) is 11.6 Å². The summed E-state index contributed by atoms with van der Waals surface area (Å²) in [5.41, 5.74) is 6.67. The van der Waals surface area contributed by atoms with Crippen LogP contribution < -0.4 is 5.73 Å². The summed E-state index contributed by atoms with van der Waals surface area (Å²) >= 11 is 0. The molecular weight excluding hydrogens is 243 g/mol. The van der Waals surface area contributed by atoms with Gasteiger partial charge in [-0.05, 0) is 19.4 Å². The highest BCUT2D eigenvalue weighted by atomic mass is 35.5. The number of phenols is 1. The molecule has 0 aromatic heterocycles. The molecular formula is C12H14ClFN2O. The van der Waals surface area contributed by atoms with Gasteiger partial charge in [0.25, 0.3) is 0 Å². The first-order valence-corrected chi connectivity index (χ1v) is 4.78. The fourth-order valence-electron chi connectivity index (χ4n) is 1.47. The number of nitrogens with zero attached hydrogens (tertiary/aromatic N) is 1. The summed E-state index contributed by atoms with van der Waals surface area (Å²) < 4.78 is 13.1. The first-order chi connectivity index (χ1) is 7.47. The molecule has 3 nitrogen and oxygen atoms in total. The van der Waals surface area contributed by atoms with Crippen LogP contribution in [0.25, 0.3) is 0 Å². The van der Waals surface area contributed by atoms with Crippen molar-refractivity contribution in [1.82, 2.24) is 0 Å². The van der Waals surface area contributed by atoms with Gasteiger partial charge in [-0.25, -0.2) is 4.39 Å². The van der Waals surface area contributed by atoms with E-state index in [0.29, 0.717) is 12.0 Å². The number of halogens is 2. The number of hydrogen-bond donors (Lipinski definition) is 2. The highest BCUT2D eigenvalue weighted by Crippen LogP contribution is 2.30. The maximum Gasteiger partial charge on any atom is 0.144 e. The molecule has 0 heterocycles. The molecule has 0 radical (unpaired) electrons. The van der Waals surface area contributed by atoms with Gasteiger partial charge < -0.3 is 10.8 Å². The van der Waals surface area contributed by atoms with Gasteiger partial charge in [-0.3, -0.25) is 0 Å². The third-order valence-electron chi connectivity index (χ3n) is 2.24. The van der Waals surface area contributed by atoms with Crippen LogP contribution in [-0.4, -0.2) is 5.11 Å². The molecule has 5 heteroatoms. The predicted molar refractivity (Wildman–Crippen MR) is 66.4 cm³/mol. The Hall–Kier alpha value is -1.57. The molecule has 92 valence electrons. The second-order valence-electron chi connectivity index (χ2n) is 3.74. The Bertz CT molecular complexity index is 468. The van der Waals surface area contributed by atoms with Gasteiger partial charge in [0.1, 0.15) is 23.2 Å². The van der Waals surface area contributed by atoms with Crippen molar-refractivity contribution < 1.29 is 9.50 Å². The van der Waals surface area contributed by atoms with E-state index in [-0.39, 0.29) is 23.7 Å². The Balaban J connectivity index is 0.00000256. The number of nitriles is 1. The third kappa shape index (κ3) is 3.45. The van der Waals surface area contributed by atoms with Crippen LogP contribution in [0.15, 0.2) is 24.3 Å². The fourth-order valence-corrected chi connectivity index (χ4v) is 1.47. The number of benzene rings is 1. The van der Waals surface area contributed by atoms with Crippen molar-refractivity contribution in [3.05, 3.63) is 41.2 Å². The standard InChI is InChI=1S/C12H13FN2O.ClH/c1-7(2)5-11(15)8-3-4-10(13)9(6-14)12(8)16;/h3-4,11,16H,1,5,15H2,2H3;1H/t11-;/m1./s1. The molecule has 0 saturated carbocycles. The van der Waals surface area contributed by atoms with E-state index in [4.69, 9.17) is 11.0 Å². The van der Waals surface area contributed by atoms with E-state index in [0.717, 1.165) is 11.6 Å². The zero-order chi connectivity index (χ0) is 12.3. The number of nitrogens with two attached hydrogens (primary N) is 1. The minimum absolute atomic E-state index is 0. The Kier molecular flexibility index (Phi) is 5.66. The summed E-state index contributed by atoms with van der Waals surface area (Å²) in [6.07, 6.45) is 0.476. The zero-order valence-electron chi connectivity index (χ0n) is 9.40. The van der Waals surface area contributed by atoms with Gasteiger partial charge in [0.2, 0.25) is 0 Å². The van der Waals surface area contributed by atoms with E-state index in [1.165, 1.54) is 6.07 Å². The Morgan fingerprint density at radius 1 is 1.65 bits per heavy atom. The van der Waals surface area contributed by atoms with E-state index in [1.54, 1.807) is 6.07 Å². The molecule has 1 aromatic rings. The zero-order valence-corrected chi connectivity index (χ0v) is 10.2. The van der Waals surface area contributed by atoms with Crippen LogP contribution in [0.4, 0.5) is 4.39 Å². The highest BCUT2D eigenvalue weighted by molar-refractivity contribution is 5.85. The molecule has 0 aliphatic carbocycles. The van der Waals surface area contributed by atoms with E-state index in [9.17, 15) is 9.50 Å². The maximum atomic E-state index is 13.1. The molecule has 0 spiro atoms. The maximum absolute atomic E-state index is 13.1. The van der Waals surface area contributed by atoms with Crippen molar-refractivity contribution >= 4 is 12.4 Å². The van der Waals surface area contributed by atoms with Crippen molar-refractivity contribution in [2.45, 2.75) is 19.4 Å². The van der Waals surface area contributed by atoms with E-state index in [2.05, 4.69) is 6.58 Å². The lowest BCUT2D eigenvalue weighted by molar-refractivity contribution is 0.452. The topological polar surface area (TPSA) is 70.0 Å². The van der Waals surface area contributed by atoms with Gasteiger partial charge in [-0.2, -0.15) is 5.26 Å². The van der Waals surface area contributed by atoms with E-state index < -0.39 is 11.9 Å². The lowest BCUT2D eigenvalue weighted by atomic mass is 9.98. The van der Waals surface area contributed by atoms with Crippen molar-refractivity contribution in [1.29, 1.82) is 5.26 Å². The van der Waals surface area contributed by atoms with Crippen LogP contribution in [-0.2, 0) is 0 Å². The van der Waals surface area contributed by atoms with Crippen molar-refractivity contribution in [3.63, 3.8) is 0 Å². The molecule has 3 N–H and O–H groups in total. The molecule has 1 aromatic carbocycles. The molecule has 0 saturated heterocycles. The highest BCUT2D eigenvalue weighted by Gasteiger charge is 2.17. The third-order valence-corrected chi connectivity index (χ3v) is 2.24. The van der Waals surface area contributed by atoms with Crippen LogP contribution in [0.2, 0.25) is 0 Å². The molecule has 1 rings (SSSR count). The Labute approximate surface area is 106 Å². The lowest BCUT2D eigenvalue weighted by Gasteiger charge is -2.14. The molecule has 0 unspecified atom stereocenters. The quantitative estimate of drug-likeness (QED) is 0.817. The molecule has 0 amide bonds. The monoisotopic (exact) mass is 256 g/mol. The van der Waals surface area contributed by atoms with Gasteiger partial charge >= 0.3 is 0 Å². The molecule has 1 atom stereocenters. The van der Waals surface area contributed by atoms with Crippen LogP contribution in [0.3, 0.4) is 0 Å². The summed E-state index contributed by atoms with van der Waals surface area (Å²) in [5, 5.41) is 18.4. The van der Waals surface area contributed by atoms with E-state index in [1.807, 2.05) is 6.92 Å². The van der Waals surface area contributed by atoms with Gasteiger partial charge in [-0.15, -0.1) is 19.0 Å². The smallest absolute Gasteiger partial charge is 0.144 e. The van der Waals surface area contributed by atoms with E-state index >= 15 is 0 Å². The molecule has 17 heavy (non-hydrogen) atoms. The molecule has 0 bridgehead atoms.